The Kier molecular flexibility index (Phi) is 15.6. The van der Waals surface area contributed by atoms with Crippen molar-refractivity contribution in [2.75, 3.05) is 20.6 Å². The monoisotopic (exact) mass is 701 g/mol. The van der Waals surface area contributed by atoms with Gasteiger partial charge >= 0.3 is 6.09 Å². The lowest BCUT2D eigenvalue weighted by Crippen LogP contribution is -2.56. The van der Waals surface area contributed by atoms with E-state index < -0.39 is 60.2 Å². The number of ether oxygens (including phenoxy) is 1. The summed E-state index contributed by atoms with van der Waals surface area (Å²) in [5.41, 5.74) is 1.62. The smallest absolute Gasteiger partial charge is 0.408 e. The number of carbonyl (C=O) groups is 6. The zero-order valence-corrected chi connectivity index (χ0v) is 30.4. The fraction of sp³-hybridized carbons (Fsp3) is 0.436. The second-order valence-electron chi connectivity index (χ2n) is 13.4. The Morgan fingerprint density at radius 3 is 2.06 bits per heavy atom. The van der Waals surface area contributed by atoms with Gasteiger partial charge in [-0.2, -0.15) is 0 Å². The van der Waals surface area contributed by atoms with Crippen LogP contribution in [0.1, 0.15) is 58.1 Å². The van der Waals surface area contributed by atoms with Crippen molar-refractivity contribution in [3.05, 3.63) is 83.9 Å². The van der Waals surface area contributed by atoms with Crippen molar-refractivity contribution in [3.8, 4) is 0 Å². The van der Waals surface area contributed by atoms with Gasteiger partial charge in [-0.3, -0.25) is 24.0 Å². The summed E-state index contributed by atoms with van der Waals surface area (Å²) in [5, 5.41) is 12.3. The van der Waals surface area contributed by atoms with E-state index in [1.807, 2.05) is 81.4 Å². The van der Waals surface area contributed by atoms with Crippen LogP contribution in [0.2, 0.25) is 0 Å². The third-order valence-electron chi connectivity index (χ3n) is 8.61. The van der Waals surface area contributed by atoms with E-state index in [1.54, 1.807) is 33.2 Å². The number of alkyl carbamates (subject to hydrolysis) is 1. The number of Topliss-reactive ketones (excluding diaryl/α,β-unsaturated/α-hetero) is 1. The van der Waals surface area contributed by atoms with E-state index in [2.05, 4.69) is 21.3 Å². The number of fused-ring (bicyclic) bond motifs is 1. The fourth-order valence-corrected chi connectivity index (χ4v) is 5.38. The molecule has 4 N–H and O–H groups in total. The summed E-state index contributed by atoms with van der Waals surface area (Å²) in [6, 6.07) is 19.6. The summed E-state index contributed by atoms with van der Waals surface area (Å²) in [4.78, 5) is 79.9. The van der Waals surface area contributed by atoms with Gasteiger partial charge in [0.15, 0.2) is 0 Å². The number of benzene rings is 3. The molecule has 0 saturated carbocycles. The third kappa shape index (κ3) is 12.9. The molecule has 0 heterocycles. The highest BCUT2D eigenvalue weighted by molar-refractivity contribution is 6.38. The first-order valence-corrected chi connectivity index (χ1v) is 17.4. The molecule has 0 aromatic heterocycles. The molecule has 1 unspecified atom stereocenters. The van der Waals surface area contributed by atoms with E-state index >= 15 is 0 Å². The Balaban J connectivity index is 1.63. The van der Waals surface area contributed by atoms with Crippen LogP contribution in [0.15, 0.2) is 72.8 Å². The van der Waals surface area contributed by atoms with E-state index in [0.717, 1.165) is 21.9 Å². The number of rotatable bonds is 18. The molecular weight excluding hydrogens is 650 g/mol. The first kappa shape index (κ1) is 40.2. The van der Waals surface area contributed by atoms with Crippen molar-refractivity contribution in [3.63, 3.8) is 0 Å². The standard InChI is InChI=1S/C39H51N5O7/c1-7-26(4)34(43-36(47)31(20-17-25(2)3)42-39(50)51-24-27-13-9-8-10-14-27)35(46)37(48)40-23-33(45)41-32(38(49)44(5)6)22-28-18-19-29-15-11-12-16-30(29)21-28/h8-16,18-19,21,25-26,31-32,34H,7,17,20,22-24H2,1-6H3,(H,40,48)(H,41,45)(H,42,50)(H,43,47)/t26-,31-,32-,34?/m0/s1. The van der Waals surface area contributed by atoms with Crippen molar-refractivity contribution in [2.45, 2.75) is 78.1 Å². The maximum absolute atomic E-state index is 13.5. The molecule has 12 heteroatoms. The molecule has 12 nitrogen and oxygen atoms in total. The van der Waals surface area contributed by atoms with Crippen LogP contribution in [0.4, 0.5) is 4.79 Å². The van der Waals surface area contributed by atoms with Gasteiger partial charge in [0.2, 0.25) is 23.5 Å². The predicted molar refractivity (Wildman–Crippen MR) is 195 cm³/mol. The predicted octanol–water partition coefficient (Wildman–Crippen LogP) is 3.90. The first-order valence-electron chi connectivity index (χ1n) is 17.4. The van der Waals surface area contributed by atoms with Crippen molar-refractivity contribution in [1.29, 1.82) is 0 Å². The van der Waals surface area contributed by atoms with Gasteiger partial charge < -0.3 is 30.9 Å². The summed E-state index contributed by atoms with van der Waals surface area (Å²) in [6.45, 7) is 6.95. The molecule has 3 aromatic rings. The summed E-state index contributed by atoms with van der Waals surface area (Å²) in [5.74, 6) is -3.83. The van der Waals surface area contributed by atoms with Crippen LogP contribution in [0.25, 0.3) is 10.8 Å². The van der Waals surface area contributed by atoms with Crippen LogP contribution in [0, 0.1) is 11.8 Å². The van der Waals surface area contributed by atoms with E-state index in [1.165, 1.54) is 4.90 Å². The van der Waals surface area contributed by atoms with Crippen LogP contribution < -0.4 is 21.3 Å². The SMILES string of the molecule is CC[C@H](C)C(NC(=O)[C@H](CCC(C)C)NC(=O)OCc1ccccc1)C(=O)C(=O)NCC(=O)N[C@@H](Cc1ccc2ccccc2c1)C(=O)N(C)C. The number of hydrogen-bond donors (Lipinski definition) is 4. The minimum atomic E-state index is -1.22. The third-order valence-corrected chi connectivity index (χ3v) is 8.61. The summed E-state index contributed by atoms with van der Waals surface area (Å²) in [7, 11) is 3.17. The molecule has 0 aliphatic heterocycles. The molecule has 0 spiro atoms. The lowest BCUT2D eigenvalue weighted by atomic mass is 9.94. The van der Waals surface area contributed by atoms with Crippen LogP contribution in [-0.4, -0.2) is 79.2 Å². The van der Waals surface area contributed by atoms with E-state index in [4.69, 9.17) is 4.74 Å². The maximum atomic E-state index is 13.5. The number of nitrogens with one attached hydrogen (secondary N) is 4. The number of ketones is 1. The van der Waals surface area contributed by atoms with Crippen molar-refractivity contribution in [1.82, 2.24) is 26.2 Å². The minimum absolute atomic E-state index is 0.0143. The summed E-state index contributed by atoms with van der Waals surface area (Å²) < 4.78 is 5.31. The number of carbonyl (C=O) groups excluding carboxylic acids is 6. The first-order chi connectivity index (χ1) is 24.3. The Morgan fingerprint density at radius 2 is 1.41 bits per heavy atom. The highest BCUT2D eigenvalue weighted by Crippen LogP contribution is 2.17. The van der Waals surface area contributed by atoms with Crippen LogP contribution in [0.5, 0.6) is 0 Å². The van der Waals surface area contributed by atoms with Gasteiger partial charge in [-0.05, 0) is 46.6 Å². The summed E-state index contributed by atoms with van der Waals surface area (Å²) in [6.07, 6.45) is 0.770. The van der Waals surface area contributed by atoms with E-state index in [9.17, 15) is 28.8 Å². The van der Waals surface area contributed by atoms with Crippen molar-refractivity contribution >= 4 is 46.3 Å². The highest BCUT2D eigenvalue weighted by Gasteiger charge is 2.34. The zero-order valence-electron chi connectivity index (χ0n) is 30.4. The molecule has 5 amide bonds. The van der Waals surface area contributed by atoms with E-state index in [0.29, 0.717) is 12.8 Å². The second-order valence-corrected chi connectivity index (χ2v) is 13.4. The van der Waals surface area contributed by atoms with Crippen molar-refractivity contribution < 1.29 is 33.5 Å². The van der Waals surface area contributed by atoms with Crippen molar-refractivity contribution in [2.24, 2.45) is 11.8 Å². The van der Waals surface area contributed by atoms with Crippen LogP contribution in [0.3, 0.4) is 0 Å². The normalized spacial score (nSPS) is 13.3. The summed E-state index contributed by atoms with van der Waals surface area (Å²) >= 11 is 0. The highest BCUT2D eigenvalue weighted by atomic mass is 16.5. The molecule has 3 aromatic carbocycles. The largest absolute Gasteiger partial charge is 0.445 e. The lowest BCUT2D eigenvalue weighted by molar-refractivity contribution is -0.141. The Bertz CT molecular complexity index is 1660. The fourth-order valence-electron chi connectivity index (χ4n) is 5.38. The van der Waals surface area contributed by atoms with Gasteiger partial charge in [-0.25, -0.2) is 4.79 Å². The van der Waals surface area contributed by atoms with Crippen LogP contribution in [-0.2, 0) is 41.7 Å². The van der Waals surface area contributed by atoms with Gasteiger partial charge in [-0.15, -0.1) is 0 Å². The lowest BCUT2D eigenvalue weighted by Gasteiger charge is -2.26. The van der Waals surface area contributed by atoms with Gasteiger partial charge in [0, 0.05) is 20.5 Å². The molecule has 0 fully saturated rings. The van der Waals surface area contributed by atoms with Gasteiger partial charge in [0.05, 0.1) is 12.6 Å². The average Bonchev–Trinajstić information content (AvgIpc) is 3.12. The zero-order chi connectivity index (χ0) is 37.5. The maximum Gasteiger partial charge on any atom is 0.408 e. The molecule has 0 saturated heterocycles. The average molecular weight is 702 g/mol. The number of amides is 5. The quantitative estimate of drug-likeness (QED) is 0.146. The van der Waals surface area contributed by atoms with E-state index in [-0.39, 0.29) is 31.3 Å². The number of nitrogens with zero attached hydrogens (tertiary/aromatic N) is 1. The second kappa shape index (κ2) is 19.8. The number of hydrogen-bond acceptors (Lipinski definition) is 7. The van der Waals surface area contributed by atoms with Crippen LogP contribution >= 0.6 is 0 Å². The molecule has 3 rings (SSSR count). The molecule has 274 valence electrons. The molecule has 51 heavy (non-hydrogen) atoms. The molecule has 0 bridgehead atoms. The Morgan fingerprint density at radius 1 is 0.745 bits per heavy atom. The molecule has 0 aliphatic carbocycles. The van der Waals surface area contributed by atoms with Gasteiger partial charge in [0.1, 0.15) is 18.7 Å². The topological polar surface area (TPSA) is 163 Å². The molecule has 0 radical (unpaired) electrons. The Hall–Kier alpha value is -5.26. The Labute approximate surface area is 300 Å². The number of likely N-dealkylation sites (N-methyl/N-ethyl adjacent to an activating group) is 1. The molecule has 4 atom stereocenters. The molecule has 0 aliphatic rings. The minimum Gasteiger partial charge on any atom is -0.445 e. The van der Waals surface area contributed by atoms with Gasteiger partial charge in [-0.1, -0.05) is 107 Å². The van der Waals surface area contributed by atoms with Gasteiger partial charge in [0.25, 0.3) is 5.91 Å². The molecular formula is C39H51N5O7.